The summed E-state index contributed by atoms with van der Waals surface area (Å²) in [6.45, 7) is 3.65. The molecule has 1 N–H and O–H groups in total. The molecule has 3 heterocycles. The second-order valence-electron chi connectivity index (χ2n) is 6.29. The zero-order chi connectivity index (χ0) is 16.5. The molecule has 124 valence electrons. The summed E-state index contributed by atoms with van der Waals surface area (Å²) < 4.78 is 2.23. The van der Waals surface area contributed by atoms with Gasteiger partial charge in [-0.2, -0.15) is 5.10 Å². The number of H-pyrrole nitrogens is 1. The maximum atomic E-state index is 13.0. The van der Waals surface area contributed by atoms with Crippen molar-refractivity contribution >= 4 is 16.8 Å². The highest BCUT2D eigenvalue weighted by Crippen LogP contribution is 2.26. The molecule has 0 bridgehead atoms. The van der Waals surface area contributed by atoms with Crippen LogP contribution in [0.2, 0.25) is 0 Å². The van der Waals surface area contributed by atoms with Gasteiger partial charge in [0.05, 0.1) is 23.3 Å². The molecule has 0 radical (unpaired) electrons. The number of carbonyl (C=O) groups excluding carboxylic acids is 1. The van der Waals surface area contributed by atoms with E-state index in [9.17, 15) is 4.79 Å². The number of aromatic nitrogens is 4. The summed E-state index contributed by atoms with van der Waals surface area (Å²) in [6, 6.07) is 6.04. The molecule has 6 nitrogen and oxygen atoms in total. The largest absolute Gasteiger partial charge is 0.337 e. The Morgan fingerprint density at radius 1 is 1.42 bits per heavy atom. The SMILES string of the molecule is CCc1nccn1[C@@H]1CCCN(C(=O)c2cccc3[nH]ncc23)C1. The molecule has 24 heavy (non-hydrogen) atoms. The minimum atomic E-state index is 0.0878. The first-order chi connectivity index (χ1) is 11.8. The third-order valence-electron chi connectivity index (χ3n) is 4.86. The molecule has 1 aliphatic heterocycles. The fourth-order valence-electron chi connectivity index (χ4n) is 3.64. The molecule has 4 rings (SSSR count). The topological polar surface area (TPSA) is 66.8 Å². The molecule has 1 amide bonds. The van der Waals surface area contributed by atoms with Crippen molar-refractivity contribution in [2.45, 2.75) is 32.2 Å². The first-order valence-corrected chi connectivity index (χ1v) is 8.51. The molecule has 0 aliphatic carbocycles. The first-order valence-electron chi connectivity index (χ1n) is 8.51. The molecule has 0 saturated carbocycles. The van der Waals surface area contributed by atoms with Crippen LogP contribution >= 0.6 is 0 Å². The van der Waals surface area contributed by atoms with Crippen LogP contribution in [0, 0.1) is 0 Å². The van der Waals surface area contributed by atoms with Gasteiger partial charge in [-0.15, -0.1) is 0 Å². The number of nitrogens with zero attached hydrogens (tertiary/aromatic N) is 4. The van der Waals surface area contributed by atoms with Gasteiger partial charge in [-0.25, -0.2) is 4.98 Å². The van der Waals surface area contributed by atoms with Crippen molar-refractivity contribution in [3.8, 4) is 0 Å². The highest BCUT2D eigenvalue weighted by Gasteiger charge is 2.27. The highest BCUT2D eigenvalue weighted by molar-refractivity contribution is 6.06. The van der Waals surface area contributed by atoms with Crippen molar-refractivity contribution in [1.29, 1.82) is 0 Å². The van der Waals surface area contributed by atoms with Crippen molar-refractivity contribution in [1.82, 2.24) is 24.6 Å². The Bertz CT molecular complexity index is 865. The second kappa shape index (κ2) is 6.11. The van der Waals surface area contributed by atoms with Crippen molar-refractivity contribution in [2.75, 3.05) is 13.1 Å². The number of hydrogen-bond acceptors (Lipinski definition) is 3. The second-order valence-corrected chi connectivity index (χ2v) is 6.29. The normalized spacial score (nSPS) is 18.2. The Morgan fingerprint density at radius 3 is 3.21 bits per heavy atom. The Hall–Kier alpha value is -2.63. The number of hydrogen-bond donors (Lipinski definition) is 1. The fourth-order valence-corrected chi connectivity index (χ4v) is 3.64. The third kappa shape index (κ3) is 2.48. The lowest BCUT2D eigenvalue weighted by atomic mass is 10.0. The number of aromatic amines is 1. The summed E-state index contributed by atoms with van der Waals surface area (Å²) in [5.74, 6) is 1.18. The van der Waals surface area contributed by atoms with E-state index in [1.54, 1.807) is 6.20 Å². The van der Waals surface area contributed by atoms with E-state index in [0.717, 1.165) is 54.6 Å². The number of likely N-dealkylation sites (tertiary alicyclic amines) is 1. The molecule has 0 spiro atoms. The van der Waals surface area contributed by atoms with Gasteiger partial charge in [0.2, 0.25) is 0 Å². The molecule has 1 fully saturated rings. The van der Waals surface area contributed by atoms with E-state index in [1.165, 1.54) is 0 Å². The van der Waals surface area contributed by atoms with E-state index >= 15 is 0 Å². The van der Waals surface area contributed by atoms with Gasteiger partial charge < -0.3 is 9.47 Å². The summed E-state index contributed by atoms with van der Waals surface area (Å²) in [4.78, 5) is 19.4. The molecule has 0 unspecified atom stereocenters. The molecular weight excluding hydrogens is 302 g/mol. The predicted molar refractivity (Wildman–Crippen MR) is 91.9 cm³/mol. The summed E-state index contributed by atoms with van der Waals surface area (Å²) in [5, 5.41) is 7.88. The number of rotatable bonds is 3. The van der Waals surface area contributed by atoms with E-state index in [1.807, 2.05) is 35.5 Å². The highest BCUT2D eigenvalue weighted by atomic mass is 16.2. The average Bonchev–Trinajstić information content (AvgIpc) is 3.29. The van der Waals surface area contributed by atoms with E-state index in [0.29, 0.717) is 6.04 Å². The van der Waals surface area contributed by atoms with Crippen LogP contribution in [-0.2, 0) is 6.42 Å². The smallest absolute Gasteiger partial charge is 0.254 e. The van der Waals surface area contributed by atoms with Crippen LogP contribution in [0.15, 0.2) is 36.8 Å². The molecule has 6 heteroatoms. The van der Waals surface area contributed by atoms with Crippen LogP contribution in [0.4, 0.5) is 0 Å². The molecular formula is C18H21N5O. The van der Waals surface area contributed by atoms with Crippen molar-refractivity contribution in [2.24, 2.45) is 0 Å². The zero-order valence-corrected chi connectivity index (χ0v) is 13.8. The number of carbonyl (C=O) groups is 1. The number of benzene rings is 1. The number of piperidine rings is 1. The van der Waals surface area contributed by atoms with Gasteiger partial charge >= 0.3 is 0 Å². The third-order valence-corrected chi connectivity index (χ3v) is 4.86. The number of fused-ring (bicyclic) bond motifs is 1. The summed E-state index contributed by atoms with van der Waals surface area (Å²) in [7, 11) is 0. The Labute approximate surface area is 140 Å². The van der Waals surface area contributed by atoms with Crippen molar-refractivity contribution < 1.29 is 4.79 Å². The fraction of sp³-hybridized carbons (Fsp3) is 0.389. The van der Waals surface area contributed by atoms with Crippen LogP contribution in [0.25, 0.3) is 10.9 Å². The monoisotopic (exact) mass is 323 g/mol. The van der Waals surface area contributed by atoms with Crippen LogP contribution < -0.4 is 0 Å². The molecule has 3 aromatic rings. The Morgan fingerprint density at radius 2 is 2.33 bits per heavy atom. The van der Waals surface area contributed by atoms with Crippen molar-refractivity contribution in [3.63, 3.8) is 0 Å². The maximum absolute atomic E-state index is 13.0. The van der Waals surface area contributed by atoms with Crippen LogP contribution in [0.3, 0.4) is 0 Å². The van der Waals surface area contributed by atoms with Gasteiger partial charge in [0, 0.05) is 37.3 Å². The van der Waals surface area contributed by atoms with Crippen LogP contribution in [0.1, 0.15) is 42.0 Å². The van der Waals surface area contributed by atoms with Gasteiger partial charge in [-0.3, -0.25) is 9.89 Å². The summed E-state index contributed by atoms with van der Waals surface area (Å²) >= 11 is 0. The average molecular weight is 323 g/mol. The minimum absolute atomic E-state index is 0.0878. The van der Waals surface area contributed by atoms with Gasteiger partial charge in [0.15, 0.2) is 0 Å². The van der Waals surface area contributed by atoms with Gasteiger partial charge in [-0.1, -0.05) is 13.0 Å². The molecule has 2 aromatic heterocycles. The van der Waals surface area contributed by atoms with E-state index in [-0.39, 0.29) is 5.91 Å². The number of aryl methyl sites for hydroxylation is 1. The lowest BCUT2D eigenvalue weighted by Crippen LogP contribution is -2.41. The standard InChI is InChI=1S/C18H21N5O/c1-2-17-19-8-10-23(17)13-5-4-9-22(12-13)18(24)14-6-3-7-16-15(14)11-20-21-16/h3,6-8,10-11,13H,2,4-5,9,12H2,1H3,(H,20,21)/t13-/m1/s1. The summed E-state index contributed by atoms with van der Waals surface area (Å²) in [6.07, 6.45) is 8.63. The number of nitrogens with one attached hydrogen (secondary N) is 1. The van der Waals surface area contributed by atoms with Crippen LogP contribution in [-0.4, -0.2) is 43.6 Å². The Kier molecular flexibility index (Phi) is 3.80. The molecule has 1 aromatic carbocycles. The zero-order valence-electron chi connectivity index (χ0n) is 13.8. The predicted octanol–water partition coefficient (Wildman–Crippen LogP) is 2.80. The first kappa shape index (κ1) is 14.9. The minimum Gasteiger partial charge on any atom is -0.337 e. The van der Waals surface area contributed by atoms with Gasteiger partial charge in [0.25, 0.3) is 5.91 Å². The van der Waals surface area contributed by atoms with Gasteiger partial charge in [0.1, 0.15) is 5.82 Å². The summed E-state index contributed by atoms with van der Waals surface area (Å²) in [5.41, 5.74) is 1.63. The van der Waals surface area contributed by atoms with Crippen LogP contribution in [0.5, 0.6) is 0 Å². The molecule has 1 saturated heterocycles. The number of amides is 1. The quantitative estimate of drug-likeness (QED) is 0.806. The van der Waals surface area contributed by atoms with E-state index in [2.05, 4.69) is 26.7 Å². The Balaban J connectivity index is 1.60. The maximum Gasteiger partial charge on any atom is 0.254 e. The van der Waals surface area contributed by atoms with Crippen molar-refractivity contribution in [3.05, 3.63) is 48.2 Å². The van der Waals surface area contributed by atoms with E-state index < -0.39 is 0 Å². The lowest BCUT2D eigenvalue weighted by Gasteiger charge is -2.34. The molecule has 1 atom stereocenters. The van der Waals surface area contributed by atoms with Gasteiger partial charge in [-0.05, 0) is 25.0 Å². The number of imidazole rings is 1. The molecule has 1 aliphatic rings. The lowest BCUT2D eigenvalue weighted by molar-refractivity contribution is 0.0680. The van der Waals surface area contributed by atoms with E-state index in [4.69, 9.17) is 0 Å².